The molecule has 0 heterocycles. The molecule has 1 rings (SSSR count). The maximum atomic E-state index is 11.6. The fourth-order valence-corrected chi connectivity index (χ4v) is 1.75. The quantitative estimate of drug-likeness (QED) is 0.609. The van der Waals surface area contributed by atoms with Gasteiger partial charge in [0.15, 0.2) is 0 Å². The van der Waals surface area contributed by atoms with Gasteiger partial charge in [0.1, 0.15) is 0 Å². The van der Waals surface area contributed by atoms with E-state index in [1.54, 1.807) is 12.1 Å². The zero-order chi connectivity index (χ0) is 13.5. The van der Waals surface area contributed by atoms with E-state index < -0.39 is 5.97 Å². The van der Waals surface area contributed by atoms with Crippen LogP contribution in [0.3, 0.4) is 0 Å². The Bertz CT molecular complexity index is 443. The van der Waals surface area contributed by atoms with Crippen LogP contribution in [0.1, 0.15) is 27.9 Å². The van der Waals surface area contributed by atoms with Crippen LogP contribution in [0, 0.1) is 0 Å². The Morgan fingerprint density at radius 1 is 1.22 bits per heavy atom. The second-order valence-electron chi connectivity index (χ2n) is 3.69. The van der Waals surface area contributed by atoms with Crippen molar-refractivity contribution >= 4 is 23.5 Å². The molecule has 0 N–H and O–H groups in total. The Labute approximate surface area is 111 Å². The van der Waals surface area contributed by atoms with Crippen molar-refractivity contribution in [1.29, 1.82) is 0 Å². The predicted molar refractivity (Wildman–Crippen MR) is 67.7 cm³/mol. The highest BCUT2D eigenvalue weighted by atomic mass is 35.5. The van der Waals surface area contributed by atoms with Crippen LogP contribution in [0.15, 0.2) is 18.2 Å². The topological polar surface area (TPSA) is 52.6 Å². The molecule has 4 nitrogen and oxygen atoms in total. The zero-order valence-electron chi connectivity index (χ0n) is 10.4. The fraction of sp³-hybridized carbons (Fsp3) is 0.385. The van der Waals surface area contributed by atoms with E-state index in [-0.39, 0.29) is 12.4 Å². The van der Waals surface area contributed by atoms with Crippen molar-refractivity contribution in [3.63, 3.8) is 0 Å². The van der Waals surface area contributed by atoms with Gasteiger partial charge >= 0.3 is 11.9 Å². The molecule has 98 valence electrons. The standard InChI is InChI=1S/C13H15ClO4/c1-17-12(15)6-4-10-7-9(8-14)3-5-11(10)13(16)18-2/h3,5,7H,4,6,8H2,1-2H3. The number of methoxy groups -OCH3 is 2. The van der Waals surface area contributed by atoms with Crippen molar-refractivity contribution in [2.75, 3.05) is 14.2 Å². The van der Waals surface area contributed by atoms with E-state index in [4.69, 9.17) is 16.3 Å². The molecule has 0 radical (unpaired) electrons. The van der Waals surface area contributed by atoms with E-state index in [9.17, 15) is 9.59 Å². The number of alkyl halides is 1. The zero-order valence-corrected chi connectivity index (χ0v) is 11.1. The molecule has 1 aromatic rings. The molecule has 1 aromatic carbocycles. The van der Waals surface area contributed by atoms with Crippen LogP contribution in [0.5, 0.6) is 0 Å². The monoisotopic (exact) mass is 270 g/mol. The number of carbonyl (C=O) groups excluding carboxylic acids is 2. The third-order valence-corrected chi connectivity index (χ3v) is 2.86. The lowest BCUT2D eigenvalue weighted by Gasteiger charge is -2.09. The Morgan fingerprint density at radius 3 is 2.50 bits per heavy atom. The van der Waals surface area contributed by atoms with Gasteiger partial charge in [-0.25, -0.2) is 4.79 Å². The molecular weight excluding hydrogens is 256 g/mol. The molecule has 0 saturated carbocycles. The average molecular weight is 271 g/mol. The minimum Gasteiger partial charge on any atom is -0.469 e. The maximum Gasteiger partial charge on any atom is 0.338 e. The first-order chi connectivity index (χ1) is 8.62. The number of esters is 2. The van der Waals surface area contributed by atoms with Crippen molar-refractivity contribution in [3.8, 4) is 0 Å². The van der Waals surface area contributed by atoms with E-state index in [0.717, 1.165) is 11.1 Å². The molecule has 0 spiro atoms. The molecule has 18 heavy (non-hydrogen) atoms. The maximum absolute atomic E-state index is 11.6. The summed E-state index contributed by atoms with van der Waals surface area (Å²) < 4.78 is 9.27. The van der Waals surface area contributed by atoms with Gasteiger partial charge in [0.25, 0.3) is 0 Å². The third kappa shape index (κ3) is 3.74. The fourth-order valence-electron chi connectivity index (χ4n) is 1.58. The van der Waals surface area contributed by atoms with E-state index in [0.29, 0.717) is 17.9 Å². The van der Waals surface area contributed by atoms with Gasteiger partial charge in [-0.05, 0) is 23.6 Å². The second kappa shape index (κ2) is 7.01. The van der Waals surface area contributed by atoms with E-state index in [1.165, 1.54) is 14.2 Å². The van der Waals surface area contributed by atoms with Gasteiger partial charge in [-0.2, -0.15) is 0 Å². The highest BCUT2D eigenvalue weighted by Crippen LogP contribution is 2.17. The van der Waals surface area contributed by atoms with E-state index >= 15 is 0 Å². The Kier molecular flexibility index (Phi) is 5.65. The molecular formula is C13H15ClO4. The SMILES string of the molecule is COC(=O)CCc1cc(CCl)ccc1C(=O)OC. The van der Waals surface area contributed by atoms with Crippen LogP contribution < -0.4 is 0 Å². The highest BCUT2D eigenvalue weighted by Gasteiger charge is 2.13. The largest absolute Gasteiger partial charge is 0.469 e. The molecule has 0 aliphatic rings. The summed E-state index contributed by atoms with van der Waals surface area (Å²) in [4.78, 5) is 22.7. The molecule has 0 atom stereocenters. The summed E-state index contributed by atoms with van der Waals surface area (Å²) in [7, 11) is 2.65. The normalized spacial score (nSPS) is 9.94. The van der Waals surface area contributed by atoms with Crippen molar-refractivity contribution in [2.45, 2.75) is 18.7 Å². The van der Waals surface area contributed by atoms with Crippen molar-refractivity contribution in [2.24, 2.45) is 0 Å². The summed E-state index contributed by atoms with van der Waals surface area (Å²) in [6.07, 6.45) is 0.633. The van der Waals surface area contributed by atoms with Gasteiger partial charge in [-0.3, -0.25) is 4.79 Å². The van der Waals surface area contributed by atoms with Gasteiger partial charge < -0.3 is 9.47 Å². The van der Waals surface area contributed by atoms with Crippen LogP contribution in [0.25, 0.3) is 0 Å². The van der Waals surface area contributed by atoms with Crippen molar-refractivity contribution in [3.05, 3.63) is 34.9 Å². The smallest absolute Gasteiger partial charge is 0.338 e. The number of hydrogen-bond donors (Lipinski definition) is 0. The van der Waals surface area contributed by atoms with E-state index in [2.05, 4.69) is 4.74 Å². The lowest BCUT2D eigenvalue weighted by atomic mass is 10.0. The number of benzene rings is 1. The van der Waals surface area contributed by atoms with Gasteiger partial charge in [-0.1, -0.05) is 12.1 Å². The predicted octanol–water partition coefficient (Wildman–Crippen LogP) is 2.32. The highest BCUT2D eigenvalue weighted by molar-refractivity contribution is 6.17. The van der Waals surface area contributed by atoms with Gasteiger partial charge in [0.2, 0.25) is 0 Å². The molecule has 0 saturated heterocycles. The van der Waals surface area contributed by atoms with Gasteiger partial charge in [0.05, 0.1) is 19.8 Å². The molecule has 0 unspecified atom stereocenters. The first-order valence-corrected chi connectivity index (χ1v) is 5.98. The van der Waals surface area contributed by atoms with Crippen molar-refractivity contribution < 1.29 is 19.1 Å². The molecule has 0 aliphatic carbocycles. The van der Waals surface area contributed by atoms with Crippen LogP contribution in [-0.4, -0.2) is 26.2 Å². The Morgan fingerprint density at radius 2 is 1.94 bits per heavy atom. The average Bonchev–Trinajstić information content (AvgIpc) is 2.43. The number of hydrogen-bond acceptors (Lipinski definition) is 4. The number of carbonyl (C=O) groups is 2. The number of halogens is 1. The van der Waals surface area contributed by atoms with Crippen LogP contribution in [-0.2, 0) is 26.6 Å². The number of rotatable bonds is 5. The Balaban J connectivity index is 2.96. The summed E-state index contributed by atoms with van der Waals surface area (Å²) in [5, 5.41) is 0. The number of aryl methyl sites for hydroxylation is 1. The van der Waals surface area contributed by atoms with Gasteiger partial charge in [-0.15, -0.1) is 11.6 Å². The minimum absolute atomic E-state index is 0.215. The second-order valence-corrected chi connectivity index (χ2v) is 3.96. The lowest BCUT2D eigenvalue weighted by Crippen LogP contribution is -2.09. The molecule has 0 aromatic heterocycles. The van der Waals surface area contributed by atoms with Gasteiger partial charge in [0, 0.05) is 12.3 Å². The molecule has 0 bridgehead atoms. The van der Waals surface area contributed by atoms with Crippen LogP contribution in [0.4, 0.5) is 0 Å². The summed E-state index contributed by atoms with van der Waals surface area (Å²) in [6, 6.07) is 5.24. The summed E-state index contributed by atoms with van der Waals surface area (Å²) in [6.45, 7) is 0. The summed E-state index contributed by atoms with van der Waals surface area (Å²) in [5.41, 5.74) is 2.09. The number of ether oxygens (including phenoxy) is 2. The Hall–Kier alpha value is -1.55. The third-order valence-electron chi connectivity index (χ3n) is 2.56. The lowest BCUT2D eigenvalue weighted by molar-refractivity contribution is -0.140. The van der Waals surface area contributed by atoms with Crippen LogP contribution >= 0.6 is 11.6 Å². The molecule has 0 fully saturated rings. The summed E-state index contributed by atoms with van der Waals surface area (Å²) >= 11 is 5.75. The van der Waals surface area contributed by atoms with Crippen LogP contribution in [0.2, 0.25) is 0 Å². The molecule has 0 amide bonds. The molecule has 5 heteroatoms. The first-order valence-electron chi connectivity index (χ1n) is 5.45. The van der Waals surface area contributed by atoms with Crippen molar-refractivity contribution in [1.82, 2.24) is 0 Å². The summed E-state index contributed by atoms with van der Waals surface area (Å²) in [5.74, 6) is -0.384. The minimum atomic E-state index is -0.420. The molecule has 0 aliphatic heterocycles. The van der Waals surface area contributed by atoms with E-state index in [1.807, 2.05) is 6.07 Å². The first kappa shape index (κ1) is 14.5.